The molecule has 0 radical (unpaired) electrons. The van der Waals surface area contributed by atoms with Crippen molar-refractivity contribution in [1.29, 1.82) is 0 Å². The SMILES string of the molecule is CCC(c1ccc(C(=O)NCc2nn[nH]n2)cc1)N1C(=O)C(c2ccc(F)c(Cl)c2)=NC12CC(C)CC(C)C2. The van der Waals surface area contributed by atoms with Gasteiger partial charge in [-0.25, -0.2) is 4.39 Å². The van der Waals surface area contributed by atoms with Crippen molar-refractivity contribution in [3.63, 3.8) is 0 Å². The van der Waals surface area contributed by atoms with Gasteiger partial charge in [-0.2, -0.15) is 5.21 Å². The second-order valence-electron chi connectivity index (χ2n) is 10.7. The second-order valence-corrected chi connectivity index (χ2v) is 11.1. The largest absolute Gasteiger partial charge is 0.345 e. The Bertz CT molecular complexity index is 1380. The van der Waals surface area contributed by atoms with Crippen LogP contribution in [0, 0.1) is 17.7 Å². The average molecular weight is 552 g/mol. The van der Waals surface area contributed by atoms with Crippen molar-refractivity contribution < 1.29 is 14.0 Å². The highest BCUT2D eigenvalue weighted by molar-refractivity contribution is 6.47. The van der Waals surface area contributed by atoms with Gasteiger partial charge >= 0.3 is 0 Å². The molecule has 204 valence electrons. The van der Waals surface area contributed by atoms with Gasteiger partial charge in [-0.05, 0) is 73.4 Å². The van der Waals surface area contributed by atoms with Crippen molar-refractivity contribution in [2.45, 2.75) is 64.7 Å². The van der Waals surface area contributed by atoms with Crippen LogP contribution in [0.3, 0.4) is 0 Å². The maximum absolute atomic E-state index is 14.1. The molecule has 1 aliphatic heterocycles. The predicted octanol–water partition coefficient (Wildman–Crippen LogP) is 4.86. The number of tetrazole rings is 1. The summed E-state index contributed by atoms with van der Waals surface area (Å²) in [6.07, 6.45) is 3.22. The van der Waals surface area contributed by atoms with Gasteiger partial charge in [-0.15, -0.1) is 10.2 Å². The van der Waals surface area contributed by atoms with E-state index < -0.39 is 11.5 Å². The molecule has 11 heteroatoms. The van der Waals surface area contributed by atoms with Crippen LogP contribution in [0.1, 0.15) is 79.8 Å². The van der Waals surface area contributed by atoms with Crippen molar-refractivity contribution in [2.24, 2.45) is 16.8 Å². The third-order valence-corrected chi connectivity index (χ3v) is 7.88. The van der Waals surface area contributed by atoms with E-state index in [0.717, 1.165) is 24.8 Å². The number of H-pyrrole nitrogens is 1. The van der Waals surface area contributed by atoms with Crippen LogP contribution in [0.15, 0.2) is 47.5 Å². The summed E-state index contributed by atoms with van der Waals surface area (Å²) in [7, 11) is 0. The van der Waals surface area contributed by atoms with Crippen LogP contribution in [0.5, 0.6) is 0 Å². The van der Waals surface area contributed by atoms with Gasteiger partial charge in [-0.1, -0.05) is 49.7 Å². The molecule has 3 unspecified atom stereocenters. The third kappa shape index (κ3) is 5.30. The molecule has 1 spiro atoms. The number of amides is 2. The summed E-state index contributed by atoms with van der Waals surface area (Å²) in [5.74, 6) is 0.164. The molecular formula is C28H31ClFN7O2. The summed E-state index contributed by atoms with van der Waals surface area (Å²) >= 11 is 6.08. The van der Waals surface area contributed by atoms with Gasteiger partial charge in [0, 0.05) is 11.1 Å². The standard InChI is InChI=1S/C28H31ClFN7O2/c1-4-23(18-5-7-19(8-6-18)26(38)31-15-24-33-35-36-34-24)37-27(39)25(20-9-10-22(30)21(29)12-20)32-28(37)13-16(2)11-17(3)14-28/h5-10,12,16-17,23H,4,11,13-15H2,1-3H3,(H,31,38)(H,33,34,35,36). The molecule has 1 saturated carbocycles. The predicted molar refractivity (Wildman–Crippen MR) is 145 cm³/mol. The van der Waals surface area contributed by atoms with Crippen molar-refractivity contribution in [2.75, 3.05) is 0 Å². The van der Waals surface area contributed by atoms with Crippen LogP contribution in [-0.4, -0.2) is 48.7 Å². The van der Waals surface area contributed by atoms with E-state index in [2.05, 4.69) is 39.8 Å². The lowest BCUT2D eigenvalue weighted by Crippen LogP contribution is -2.52. The molecule has 2 heterocycles. The van der Waals surface area contributed by atoms with Crippen LogP contribution >= 0.6 is 11.6 Å². The fourth-order valence-electron chi connectivity index (χ4n) is 6.16. The number of aromatic amines is 1. The lowest BCUT2D eigenvalue weighted by atomic mass is 9.75. The van der Waals surface area contributed by atoms with Gasteiger partial charge in [0.15, 0.2) is 5.82 Å². The van der Waals surface area contributed by atoms with E-state index in [4.69, 9.17) is 16.6 Å². The van der Waals surface area contributed by atoms with E-state index >= 15 is 0 Å². The normalized spacial score (nSPS) is 23.7. The number of benzene rings is 2. The number of nitrogens with one attached hydrogen (secondary N) is 2. The van der Waals surface area contributed by atoms with Gasteiger partial charge in [0.05, 0.1) is 17.6 Å². The molecule has 2 aromatic carbocycles. The Morgan fingerprint density at radius 3 is 2.54 bits per heavy atom. The summed E-state index contributed by atoms with van der Waals surface area (Å²) in [4.78, 5) is 33.8. The Hall–Kier alpha value is -3.66. The summed E-state index contributed by atoms with van der Waals surface area (Å²) < 4.78 is 13.9. The van der Waals surface area contributed by atoms with Crippen molar-refractivity contribution in [1.82, 2.24) is 30.8 Å². The van der Waals surface area contributed by atoms with Crippen LogP contribution in [0.2, 0.25) is 5.02 Å². The lowest BCUT2D eigenvalue weighted by Gasteiger charge is -2.47. The summed E-state index contributed by atoms with van der Waals surface area (Å²) in [6.45, 7) is 6.60. The molecule has 1 fully saturated rings. The molecule has 3 aromatic rings. The van der Waals surface area contributed by atoms with Crippen LogP contribution in [0.25, 0.3) is 0 Å². The first-order chi connectivity index (χ1) is 18.7. The Kier molecular flexibility index (Phi) is 7.48. The minimum atomic E-state index is -0.703. The molecule has 3 atom stereocenters. The molecule has 1 aromatic heterocycles. The zero-order valence-corrected chi connectivity index (χ0v) is 22.9. The second kappa shape index (κ2) is 10.8. The molecule has 2 N–H and O–H groups in total. The van der Waals surface area contributed by atoms with Gasteiger partial charge in [0.25, 0.3) is 11.8 Å². The molecule has 5 rings (SSSR count). The van der Waals surface area contributed by atoms with E-state index in [1.165, 1.54) is 12.1 Å². The number of hydrogen-bond acceptors (Lipinski definition) is 6. The molecule has 0 bridgehead atoms. The van der Waals surface area contributed by atoms with Crippen molar-refractivity contribution >= 4 is 29.1 Å². The molecule has 2 amide bonds. The first-order valence-corrected chi connectivity index (χ1v) is 13.6. The quantitative estimate of drug-likeness (QED) is 0.435. The average Bonchev–Trinajstić information content (AvgIpc) is 3.52. The van der Waals surface area contributed by atoms with E-state index in [-0.39, 0.29) is 29.4 Å². The molecule has 9 nitrogen and oxygen atoms in total. The number of carbonyl (C=O) groups is 2. The fourth-order valence-corrected chi connectivity index (χ4v) is 6.34. The van der Waals surface area contributed by atoms with Crippen LogP contribution in [0.4, 0.5) is 4.39 Å². The molecule has 39 heavy (non-hydrogen) atoms. The topological polar surface area (TPSA) is 116 Å². The van der Waals surface area contributed by atoms with E-state index in [0.29, 0.717) is 40.9 Å². The highest BCUT2D eigenvalue weighted by atomic mass is 35.5. The molecular weight excluding hydrogens is 521 g/mol. The smallest absolute Gasteiger partial charge is 0.275 e. The van der Waals surface area contributed by atoms with E-state index in [9.17, 15) is 14.0 Å². The van der Waals surface area contributed by atoms with Crippen molar-refractivity contribution in [3.8, 4) is 0 Å². The van der Waals surface area contributed by atoms with Crippen molar-refractivity contribution in [3.05, 3.63) is 75.8 Å². The number of carbonyl (C=O) groups excluding carboxylic acids is 2. The number of halogens is 2. The van der Waals surface area contributed by atoms with Gasteiger partial charge < -0.3 is 10.2 Å². The van der Waals surface area contributed by atoms with Crippen LogP contribution in [-0.2, 0) is 11.3 Å². The van der Waals surface area contributed by atoms with E-state index in [1.54, 1.807) is 18.2 Å². The monoisotopic (exact) mass is 551 g/mol. The first kappa shape index (κ1) is 26.9. The summed E-state index contributed by atoms with van der Waals surface area (Å²) in [6, 6.07) is 11.3. The molecule has 2 aliphatic rings. The molecule has 0 saturated heterocycles. The van der Waals surface area contributed by atoms with Gasteiger partial charge in [0.1, 0.15) is 17.2 Å². The Morgan fingerprint density at radius 1 is 1.21 bits per heavy atom. The minimum Gasteiger partial charge on any atom is -0.345 e. The highest BCUT2D eigenvalue weighted by Gasteiger charge is 2.53. The summed E-state index contributed by atoms with van der Waals surface area (Å²) in [5, 5.41) is 16.2. The Labute approximate surface area is 231 Å². The van der Waals surface area contributed by atoms with E-state index in [1.807, 2.05) is 24.0 Å². The Morgan fingerprint density at radius 2 is 1.92 bits per heavy atom. The van der Waals surface area contributed by atoms with Crippen LogP contribution < -0.4 is 5.32 Å². The zero-order chi connectivity index (χ0) is 27.7. The number of hydrogen-bond donors (Lipinski definition) is 2. The minimum absolute atomic E-state index is 0.0406. The Balaban J connectivity index is 1.45. The maximum atomic E-state index is 14.1. The fraction of sp³-hybridized carbons (Fsp3) is 0.429. The maximum Gasteiger partial charge on any atom is 0.275 e. The number of aliphatic imine (C=N–C) groups is 1. The first-order valence-electron chi connectivity index (χ1n) is 13.2. The van der Waals surface area contributed by atoms with Gasteiger partial charge in [0.2, 0.25) is 0 Å². The number of aromatic nitrogens is 4. The number of nitrogens with zero attached hydrogens (tertiary/aromatic N) is 5. The summed E-state index contributed by atoms with van der Waals surface area (Å²) in [5.41, 5.74) is 1.53. The number of rotatable bonds is 7. The zero-order valence-electron chi connectivity index (χ0n) is 22.1. The molecule has 1 aliphatic carbocycles. The van der Waals surface area contributed by atoms with Gasteiger partial charge in [-0.3, -0.25) is 14.6 Å². The highest BCUT2D eigenvalue weighted by Crippen LogP contribution is 2.48. The third-order valence-electron chi connectivity index (χ3n) is 7.59. The lowest BCUT2D eigenvalue weighted by molar-refractivity contribution is -0.134.